The van der Waals surface area contributed by atoms with Gasteiger partial charge in [-0.05, 0) is 92.2 Å². The van der Waals surface area contributed by atoms with Crippen molar-refractivity contribution in [2.24, 2.45) is 28.0 Å². The van der Waals surface area contributed by atoms with Gasteiger partial charge in [-0.2, -0.15) is 0 Å². The van der Waals surface area contributed by atoms with Crippen LogP contribution in [0.25, 0.3) is 0 Å². The number of hydrogen-bond acceptors (Lipinski definition) is 5. The van der Waals surface area contributed by atoms with Gasteiger partial charge in [0.1, 0.15) is 0 Å². The number of hydrogen-bond donors (Lipinski definition) is 2. The molecule has 0 bridgehead atoms. The number of guanidine groups is 2. The van der Waals surface area contributed by atoms with E-state index in [1.807, 2.05) is 18.5 Å². The summed E-state index contributed by atoms with van der Waals surface area (Å²) in [6.45, 7) is 11.8. The van der Waals surface area contributed by atoms with Gasteiger partial charge in [0.05, 0.1) is 18.6 Å². The standard InChI is InChI=1S/C35H53N7/c1-35(2,3)30-16-14-29(15-17-30)25-42-32(22-27-10-5-4-6-11-27)26-40(34(42)37)20-8-7-13-31-24-39-33(36)41(31)21-18-28-12-9-19-38-23-28/h4-6,9-12,19,23,29-32,37H,7-8,13-18,20-22,24-26H2,1-3H3,(H2,36,39)/t29?,30?,31-,32-/m1/s1. The molecule has 0 spiro atoms. The fourth-order valence-corrected chi connectivity index (χ4v) is 7.37. The first-order valence-corrected chi connectivity index (χ1v) is 16.4. The summed E-state index contributed by atoms with van der Waals surface area (Å²) in [5.74, 6) is 2.96. The van der Waals surface area contributed by atoms with Crippen LogP contribution in [0.4, 0.5) is 0 Å². The van der Waals surface area contributed by atoms with E-state index >= 15 is 0 Å². The van der Waals surface area contributed by atoms with Gasteiger partial charge in [-0.15, -0.1) is 0 Å². The zero-order chi connectivity index (χ0) is 29.5. The quantitative estimate of drug-likeness (QED) is 0.314. The van der Waals surface area contributed by atoms with Crippen molar-refractivity contribution in [2.45, 2.75) is 90.6 Å². The molecule has 7 nitrogen and oxygen atoms in total. The summed E-state index contributed by atoms with van der Waals surface area (Å²) >= 11 is 0. The van der Waals surface area contributed by atoms with E-state index in [0.29, 0.717) is 29.4 Å². The van der Waals surface area contributed by atoms with Gasteiger partial charge in [0.2, 0.25) is 0 Å². The van der Waals surface area contributed by atoms with Crippen LogP contribution in [0, 0.1) is 22.7 Å². The lowest BCUT2D eigenvalue weighted by Gasteiger charge is -2.39. The monoisotopic (exact) mass is 571 g/mol. The van der Waals surface area contributed by atoms with Crippen LogP contribution in [-0.2, 0) is 12.8 Å². The minimum Gasteiger partial charge on any atom is -0.370 e. The molecule has 1 saturated carbocycles. The van der Waals surface area contributed by atoms with E-state index in [1.165, 1.54) is 36.8 Å². The maximum Gasteiger partial charge on any atom is 0.194 e. The first kappa shape index (κ1) is 30.4. The molecule has 2 atom stereocenters. The lowest BCUT2D eigenvalue weighted by molar-refractivity contribution is 0.134. The van der Waals surface area contributed by atoms with Crippen LogP contribution in [0.15, 0.2) is 59.9 Å². The summed E-state index contributed by atoms with van der Waals surface area (Å²) in [5.41, 5.74) is 9.30. The molecule has 0 radical (unpaired) electrons. The normalized spacial score (nSPS) is 24.9. The minimum absolute atomic E-state index is 0.380. The predicted molar refractivity (Wildman–Crippen MR) is 174 cm³/mol. The van der Waals surface area contributed by atoms with E-state index in [2.05, 4.69) is 81.8 Å². The van der Waals surface area contributed by atoms with Gasteiger partial charge in [0.15, 0.2) is 11.9 Å². The third kappa shape index (κ3) is 7.84. The molecular weight excluding hydrogens is 518 g/mol. The molecular formula is C35H53N7. The van der Waals surface area contributed by atoms with E-state index in [9.17, 15) is 5.41 Å². The van der Waals surface area contributed by atoms with E-state index in [4.69, 9.17) is 5.73 Å². The summed E-state index contributed by atoms with van der Waals surface area (Å²) in [6.07, 6.45) is 14.3. The van der Waals surface area contributed by atoms with Gasteiger partial charge >= 0.3 is 0 Å². The highest BCUT2D eigenvalue weighted by atomic mass is 15.4. The molecule has 5 rings (SSSR count). The first-order valence-electron chi connectivity index (χ1n) is 16.4. The molecule has 2 aliphatic heterocycles. The number of benzene rings is 1. The Morgan fingerprint density at radius 2 is 1.67 bits per heavy atom. The number of pyridine rings is 1. The highest BCUT2D eigenvalue weighted by Crippen LogP contribution is 2.40. The average molecular weight is 572 g/mol. The Morgan fingerprint density at radius 1 is 0.905 bits per heavy atom. The molecule has 2 fully saturated rings. The molecule has 2 aromatic rings. The van der Waals surface area contributed by atoms with Gasteiger partial charge in [-0.25, -0.2) is 0 Å². The number of aromatic nitrogens is 1. The Kier molecular flexibility index (Phi) is 10.1. The molecule has 1 saturated heterocycles. The number of unbranched alkanes of at least 4 members (excludes halogenated alkanes) is 1. The van der Waals surface area contributed by atoms with Crippen molar-refractivity contribution >= 4 is 11.9 Å². The number of nitrogens with two attached hydrogens (primary N) is 1. The Morgan fingerprint density at radius 3 is 2.38 bits per heavy atom. The number of nitrogens with zero attached hydrogens (tertiary/aromatic N) is 5. The van der Waals surface area contributed by atoms with E-state index in [1.54, 1.807) is 0 Å². The van der Waals surface area contributed by atoms with Crippen molar-refractivity contribution in [3.8, 4) is 0 Å². The van der Waals surface area contributed by atoms with Crippen LogP contribution in [0.1, 0.15) is 76.8 Å². The van der Waals surface area contributed by atoms with Crippen molar-refractivity contribution in [1.29, 1.82) is 5.41 Å². The highest BCUT2D eigenvalue weighted by molar-refractivity contribution is 5.80. The number of nitrogens with one attached hydrogen (secondary N) is 1. The lowest BCUT2D eigenvalue weighted by Crippen LogP contribution is -2.42. The van der Waals surface area contributed by atoms with Gasteiger partial charge in [0.25, 0.3) is 0 Å². The topological polar surface area (TPSA) is 84.8 Å². The Bertz CT molecular complexity index is 1150. The summed E-state index contributed by atoms with van der Waals surface area (Å²) in [7, 11) is 0. The van der Waals surface area contributed by atoms with Crippen LogP contribution in [-0.4, -0.2) is 76.4 Å². The van der Waals surface area contributed by atoms with Crippen molar-refractivity contribution in [3.63, 3.8) is 0 Å². The van der Waals surface area contributed by atoms with Gasteiger partial charge < -0.3 is 20.4 Å². The Hall–Kier alpha value is -3.09. The number of rotatable bonds is 12. The summed E-state index contributed by atoms with van der Waals surface area (Å²) in [4.78, 5) is 15.9. The largest absolute Gasteiger partial charge is 0.370 e. The predicted octanol–water partition coefficient (Wildman–Crippen LogP) is 5.81. The van der Waals surface area contributed by atoms with Crippen molar-refractivity contribution < 1.29 is 0 Å². The molecule has 3 aliphatic rings. The molecule has 0 amide bonds. The van der Waals surface area contributed by atoms with Crippen LogP contribution in [0.5, 0.6) is 0 Å². The average Bonchev–Trinajstić information content (AvgIpc) is 3.48. The van der Waals surface area contributed by atoms with Crippen molar-refractivity contribution in [3.05, 3.63) is 66.0 Å². The third-order valence-corrected chi connectivity index (χ3v) is 10.1. The second-order valence-electron chi connectivity index (χ2n) is 14.0. The second kappa shape index (κ2) is 13.9. The summed E-state index contributed by atoms with van der Waals surface area (Å²) < 4.78 is 0. The SMILES string of the molecule is CC(C)(C)C1CCC(CN2C(=N)N(CCCC[C@@H]3CN=C(N)N3CCc3cccnc3)C[C@H]2Cc2ccccc2)CC1. The van der Waals surface area contributed by atoms with Gasteiger partial charge in [-0.1, -0.05) is 57.2 Å². The van der Waals surface area contributed by atoms with E-state index in [0.717, 1.165) is 76.7 Å². The van der Waals surface area contributed by atoms with Crippen LogP contribution >= 0.6 is 0 Å². The van der Waals surface area contributed by atoms with Crippen molar-refractivity contribution in [2.75, 3.05) is 32.7 Å². The molecule has 0 unspecified atom stereocenters. The first-order chi connectivity index (χ1) is 20.3. The maximum absolute atomic E-state index is 9.22. The molecule has 1 aromatic heterocycles. The fourth-order valence-electron chi connectivity index (χ4n) is 7.37. The molecule has 3 N–H and O–H groups in total. The molecule has 228 valence electrons. The highest BCUT2D eigenvalue weighted by Gasteiger charge is 2.37. The Labute approximate surface area is 254 Å². The van der Waals surface area contributed by atoms with Gasteiger partial charge in [-0.3, -0.25) is 15.4 Å². The third-order valence-electron chi connectivity index (χ3n) is 10.1. The van der Waals surface area contributed by atoms with Crippen LogP contribution in [0.3, 0.4) is 0 Å². The zero-order valence-corrected chi connectivity index (χ0v) is 26.2. The zero-order valence-electron chi connectivity index (χ0n) is 26.2. The molecule has 3 heterocycles. The van der Waals surface area contributed by atoms with Gasteiger partial charge in [0, 0.05) is 38.6 Å². The minimum atomic E-state index is 0.380. The molecule has 1 aliphatic carbocycles. The Balaban J connectivity index is 1.12. The van der Waals surface area contributed by atoms with E-state index < -0.39 is 0 Å². The smallest absolute Gasteiger partial charge is 0.194 e. The molecule has 1 aromatic carbocycles. The number of aliphatic imine (C=N–C) groups is 1. The van der Waals surface area contributed by atoms with E-state index in [-0.39, 0.29) is 0 Å². The van der Waals surface area contributed by atoms with Crippen molar-refractivity contribution in [1.82, 2.24) is 19.7 Å². The molecule has 7 heteroatoms. The lowest BCUT2D eigenvalue weighted by atomic mass is 9.70. The van der Waals surface area contributed by atoms with Crippen LogP contribution < -0.4 is 5.73 Å². The fraction of sp³-hybridized carbons (Fsp3) is 0.629. The van der Waals surface area contributed by atoms with Crippen LogP contribution in [0.2, 0.25) is 0 Å². The second-order valence-corrected chi connectivity index (χ2v) is 14.0. The summed E-state index contributed by atoms with van der Waals surface area (Å²) in [5, 5.41) is 9.22. The molecule has 42 heavy (non-hydrogen) atoms. The summed E-state index contributed by atoms with van der Waals surface area (Å²) in [6, 6.07) is 15.8. The maximum atomic E-state index is 9.22.